The monoisotopic (exact) mass is 299 g/mol. The van der Waals surface area contributed by atoms with Crippen molar-refractivity contribution in [2.75, 3.05) is 11.9 Å². The van der Waals surface area contributed by atoms with Gasteiger partial charge in [0.1, 0.15) is 5.82 Å². The van der Waals surface area contributed by atoms with Crippen molar-refractivity contribution in [1.29, 1.82) is 0 Å². The van der Waals surface area contributed by atoms with Crippen LogP contribution in [0, 0.1) is 12.7 Å². The molecule has 2 aromatic rings. The van der Waals surface area contributed by atoms with Crippen LogP contribution in [-0.2, 0) is 0 Å². The summed E-state index contributed by atoms with van der Waals surface area (Å²) in [5.41, 5.74) is 3.76. The summed E-state index contributed by atoms with van der Waals surface area (Å²) in [4.78, 5) is 4.11. The lowest BCUT2D eigenvalue weighted by molar-refractivity contribution is 0.630. The Labute approximate surface area is 131 Å². The predicted molar refractivity (Wildman–Crippen MR) is 90.6 cm³/mol. The van der Waals surface area contributed by atoms with Crippen LogP contribution in [0.3, 0.4) is 0 Å². The summed E-state index contributed by atoms with van der Waals surface area (Å²) >= 11 is 0. The molecule has 116 valence electrons. The van der Waals surface area contributed by atoms with Crippen molar-refractivity contribution < 1.29 is 4.39 Å². The van der Waals surface area contributed by atoms with Crippen molar-refractivity contribution in [2.45, 2.75) is 26.7 Å². The van der Waals surface area contributed by atoms with E-state index in [1.54, 1.807) is 18.5 Å². The van der Waals surface area contributed by atoms with Crippen molar-refractivity contribution in [3.05, 3.63) is 60.2 Å². The molecule has 0 aliphatic heterocycles. The van der Waals surface area contributed by atoms with Crippen LogP contribution in [0.1, 0.15) is 30.9 Å². The van der Waals surface area contributed by atoms with Crippen molar-refractivity contribution >= 4 is 17.1 Å². The zero-order chi connectivity index (χ0) is 15.9. The number of rotatable bonds is 7. The molecule has 0 unspecified atom stereocenters. The van der Waals surface area contributed by atoms with Gasteiger partial charge in [-0.2, -0.15) is 0 Å². The lowest BCUT2D eigenvalue weighted by atomic mass is 10.1. The molecule has 0 spiro atoms. The van der Waals surface area contributed by atoms with Gasteiger partial charge in [0, 0.05) is 24.0 Å². The van der Waals surface area contributed by atoms with Crippen molar-refractivity contribution in [2.24, 2.45) is 0 Å². The zero-order valence-corrected chi connectivity index (χ0v) is 13.1. The maximum atomic E-state index is 14.0. The van der Waals surface area contributed by atoms with Gasteiger partial charge in [0.25, 0.3) is 0 Å². The van der Waals surface area contributed by atoms with Crippen LogP contribution < -0.4 is 10.6 Å². The van der Waals surface area contributed by atoms with Crippen molar-refractivity contribution in [1.82, 2.24) is 10.3 Å². The molecule has 0 saturated carbocycles. The van der Waals surface area contributed by atoms with Gasteiger partial charge in [-0.15, -0.1) is 0 Å². The second kappa shape index (κ2) is 7.59. The first-order valence-corrected chi connectivity index (χ1v) is 7.52. The SMILES string of the molecule is C=C(NCCCC)c1ccncc1Nc1ccc(C)cc1F. The Balaban J connectivity index is 2.19. The van der Waals surface area contributed by atoms with Gasteiger partial charge in [0.15, 0.2) is 0 Å². The summed E-state index contributed by atoms with van der Waals surface area (Å²) < 4.78 is 14.0. The average molecular weight is 299 g/mol. The molecule has 0 aliphatic carbocycles. The number of pyridine rings is 1. The molecule has 1 aromatic carbocycles. The second-order valence-corrected chi connectivity index (χ2v) is 5.29. The first kappa shape index (κ1) is 16.0. The van der Waals surface area contributed by atoms with E-state index < -0.39 is 0 Å². The van der Waals surface area contributed by atoms with Crippen molar-refractivity contribution in [3.8, 4) is 0 Å². The van der Waals surface area contributed by atoms with E-state index in [4.69, 9.17) is 0 Å². The quantitative estimate of drug-likeness (QED) is 0.732. The highest BCUT2D eigenvalue weighted by Crippen LogP contribution is 2.26. The zero-order valence-electron chi connectivity index (χ0n) is 13.1. The molecule has 1 heterocycles. The predicted octanol–water partition coefficient (Wildman–Crippen LogP) is 4.63. The summed E-state index contributed by atoms with van der Waals surface area (Å²) in [5, 5.41) is 6.39. The Morgan fingerprint density at radius 3 is 2.82 bits per heavy atom. The number of hydrogen-bond donors (Lipinski definition) is 2. The second-order valence-electron chi connectivity index (χ2n) is 5.29. The Kier molecular flexibility index (Phi) is 5.53. The standard InChI is InChI=1S/C18H22FN3/c1-4-5-9-21-14(3)15-8-10-20-12-18(15)22-17-7-6-13(2)11-16(17)19/h6-8,10-12,21-22H,3-5,9H2,1-2H3. The number of anilines is 2. The highest BCUT2D eigenvalue weighted by atomic mass is 19.1. The smallest absolute Gasteiger partial charge is 0.146 e. The number of benzene rings is 1. The highest BCUT2D eigenvalue weighted by molar-refractivity contribution is 5.76. The minimum Gasteiger partial charge on any atom is -0.385 e. The van der Waals surface area contributed by atoms with Crippen LogP contribution in [0.15, 0.2) is 43.2 Å². The number of unbranched alkanes of at least 4 members (excludes halogenated alkanes) is 1. The topological polar surface area (TPSA) is 37.0 Å². The van der Waals surface area contributed by atoms with E-state index >= 15 is 0 Å². The number of halogens is 1. The van der Waals surface area contributed by atoms with Crippen LogP contribution in [0.5, 0.6) is 0 Å². The fourth-order valence-electron chi connectivity index (χ4n) is 2.14. The normalized spacial score (nSPS) is 10.3. The number of aromatic nitrogens is 1. The first-order valence-electron chi connectivity index (χ1n) is 7.52. The first-order chi connectivity index (χ1) is 10.6. The minimum atomic E-state index is -0.278. The molecule has 2 N–H and O–H groups in total. The maximum Gasteiger partial charge on any atom is 0.146 e. The molecule has 4 heteroatoms. The molecule has 0 amide bonds. The van der Waals surface area contributed by atoms with Crippen LogP contribution in [0.4, 0.5) is 15.8 Å². The van der Waals surface area contributed by atoms with E-state index in [0.29, 0.717) is 5.69 Å². The highest BCUT2D eigenvalue weighted by Gasteiger charge is 2.09. The molecule has 0 bridgehead atoms. The fraction of sp³-hybridized carbons (Fsp3) is 0.278. The molecule has 0 atom stereocenters. The van der Waals surface area contributed by atoms with Gasteiger partial charge < -0.3 is 10.6 Å². The molecule has 3 nitrogen and oxygen atoms in total. The maximum absolute atomic E-state index is 14.0. The molecule has 2 rings (SSSR count). The Morgan fingerprint density at radius 1 is 1.27 bits per heavy atom. The Bertz CT molecular complexity index is 653. The minimum absolute atomic E-state index is 0.278. The van der Waals surface area contributed by atoms with Gasteiger partial charge in [-0.25, -0.2) is 4.39 Å². The summed E-state index contributed by atoms with van der Waals surface area (Å²) in [6.45, 7) is 8.94. The largest absolute Gasteiger partial charge is 0.385 e. The van der Waals surface area contributed by atoms with Crippen LogP contribution in [0.25, 0.3) is 5.70 Å². The van der Waals surface area contributed by atoms with E-state index in [9.17, 15) is 4.39 Å². The molecule has 22 heavy (non-hydrogen) atoms. The van der Waals surface area contributed by atoms with Gasteiger partial charge in [-0.05, 0) is 37.1 Å². The molecule has 0 saturated heterocycles. The van der Waals surface area contributed by atoms with Crippen LogP contribution in [0.2, 0.25) is 0 Å². The summed E-state index contributed by atoms with van der Waals surface area (Å²) in [7, 11) is 0. The fourth-order valence-corrected chi connectivity index (χ4v) is 2.14. The molecular formula is C18H22FN3. The lowest BCUT2D eigenvalue weighted by Crippen LogP contribution is -2.13. The molecule has 0 aliphatic rings. The number of nitrogens with one attached hydrogen (secondary N) is 2. The summed E-state index contributed by atoms with van der Waals surface area (Å²) in [5.74, 6) is -0.278. The van der Waals surface area contributed by atoms with Crippen LogP contribution >= 0.6 is 0 Å². The number of hydrogen-bond acceptors (Lipinski definition) is 3. The van der Waals surface area contributed by atoms with Crippen LogP contribution in [-0.4, -0.2) is 11.5 Å². The van der Waals surface area contributed by atoms with Crippen molar-refractivity contribution in [3.63, 3.8) is 0 Å². The third-order valence-corrected chi connectivity index (χ3v) is 3.41. The number of nitrogens with zero attached hydrogens (tertiary/aromatic N) is 1. The van der Waals surface area contributed by atoms with E-state index in [1.165, 1.54) is 6.07 Å². The van der Waals surface area contributed by atoms with Gasteiger partial charge >= 0.3 is 0 Å². The lowest BCUT2D eigenvalue weighted by Gasteiger charge is -2.15. The van der Waals surface area contributed by atoms with E-state index in [1.807, 2.05) is 19.1 Å². The van der Waals surface area contributed by atoms with E-state index in [2.05, 4.69) is 29.1 Å². The van der Waals surface area contributed by atoms with Gasteiger partial charge in [0.2, 0.25) is 0 Å². The van der Waals surface area contributed by atoms with E-state index in [0.717, 1.165) is 41.9 Å². The molecule has 0 radical (unpaired) electrons. The third kappa shape index (κ3) is 4.07. The van der Waals surface area contributed by atoms with Gasteiger partial charge in [-0.1, -0.05) is 26.0 Å². The Hall–Kier alpha value is -2.36. The average Bonchev–Trinajstić information content (AvgIpc) is 2.51. The Morgan fingerprint density at radius 2 is 2.09 bits per heavy atom. The third-order valence-electron chi connectivity index (χ3n) is 3.41. The summed E-state index contributed by atoms with van der Waals surface area (Å²) in [6, 6.07) is 6.98. The van der Waals surface area contributed by atoms with Gasteiger partial charge in [0.05, 0.1) is 17.6 Å². The number of aryl methyl sites for hydroxylation is 1. The molecular weight excluding hydrogens is 277 g/mol. The van der Waals surface area contributed by atoms with E-state index in [-0.39, 0.29) is 5.82 Å². The molecule has 0 fully saturated rings. The summed E-state index contributed by atoms with van der Waals surface area (Å²) in [6.07, 6.45) is 5.59. The molecule has 1 aromatic heterocycles. The van der Waals surface area contributed by atoms with Gasteiger partial charge in [-0.3, -0.25) is 4.98 Å².